The van der Waals surface area contributed by atoms with E-state index >= 15 is 0 Å². The highest BCUT2D eigenvalue weighted by Gasteiger charge is 2.28. The summed E-state index contributed by atoms with van der Waals surface area (Å²) in [6.07, 6.45) is 9.05. The first-order valence-corrected chi connectivity index (χ1v) is 7.21. The summed E-state index contributed by atoms with van der Waals surface area (Å²) in [5, 5.41) is 0. The summed E-state index contributed by atoms with van der Waals surface area (Å²) in [6, 6.07) is 10.3. The normalized spacial score (nSPS) is 23.2. The molecule has 0 aromatic heterocycles. The Morgan fingerprint density at radius 1 is 1.17 bits per heavy atom. The lowest BCUT2D eigenvalue weighted by Crippen LogP contribution is -2.26. The Balaban J connectivity index is 1.73. The van der Waals surface area contributed by atoms with Crippen LogP contribution in [0.5, 0.6) is 0 Å². The van der Waals surface area contributed by atoms with Gasteiger partial charge in [0, 0.05) is 12.5 Å². The molecule has 0 saturated heterocycles. The van der Waals surface area contributed by atoms with E-state index in [9.17, 15) is 0 Å². The fraction of sp³-hybridized carbons (Fsp3) is 0.500. The highest BCUT2D eigenvalue weighted by Crippen LogP contribution is 2.37. The van der Waals surface area contributed by atoms with E-state index in [4.69, 9.17) is 16.3 Å². The summed E-state index contributed by atoms with van der Waals surface area (Å²) in [7, 11) is 0. The summed E-state index contributed by atoms with van der Waals surface area (Å²) in [6.45, 7) is 1.50. The molecule has 18 heavy (non-hydrogen) atoms. The third-order valence-corrected chi connectivity index (χ3v) is 4.30. The minimum atomic E-state index is 0.271. The average molecular weight is 265 g/mol. The van der Waals surface area contributed by atoms with Crippen molar-refractivity contribution in [1.29, 1.82) is 0 Å². The van der Waals surface area contributed by atoms with Crippen molar-refractivity contribution in [3.8, 4) is 0 Å². The van der Waals surface area contributed by atoms with Gasteiger partial charge in [-0.25, -0.2) is 0 Å². The maximum atomic E-state index is 6.14. The lowest BCUT2D eigenvalue weighted by Gasteiger charge is -2.32. The van der Waals surface area contributed by atoms with Crippen LogP contribution in [-0.4, -0.2) is 12.5 Å². The second-order valence-electron chi connectivity index (χ2n) is 5.14. The average Bonchev–Trinajstić information content (AvgIpc) is 2.46. The summed E-state index contributed by atoms with van der Waals surface area (Å²) in [4.78, 5) is 0. The van der Waals surface area contributed by atoms with Gasteiger partial charge in [0.15, 0.2) is 0 Å². The van der Waals surface area contributed by atoms with Gasteiger partial charge < -0.3 is 4.74 Å². The maximum Gasteiger partial charge on any atom is 0.0716 e. The topological polar surface area (TPSA) is 9.23 Å². The van der Waals surface area contributed by atoms with Gasteiger partial charge in [-0.3, -0.25) is 0 Å². The maximum absolute atomic E-state index is 6.14. The van der Waals surface area contributed by atoms with Crippen LogP contribution in [0.15, 0.2) is 42.5 Å². The zero-order valence-corrected chi connectivity index (χ0v) is 11.5. The van der Waals surface area contributed by atoms with Crippen molar-refractivity contribution in [1.82, 2.24) is 0 Å². The van der Waals surface area contributed by atoms with E-state index in [0.29, 0.717) is 6.61 Å². The van der Waals surface area contributed by atoms with Gasteiger partial charge in [0.2, 0.25) is 0 Å². The van der Waals surface area contributed by atoms with Crippen LogP contribution >= 0.6 is 11.6 Å². The quantitative estimate of drug-likeness (QED) is 0.416. The molecule has 0 saturated carbocycles. The molecule has 1 unspecified atom stereocenters. The molecule has 1 atom stereocenters. The van der Waals surface area contributed by atoms with Crippen LogP contribution in [0.25, 0.3) is 0 Å². The summed E-state index contributed by atoms with van der Waals surface area (Å²) in [5.41, 5.74) is 1.51. The Kier molecular flexibility index (Phi) is 5.27. The van der Waals surface area contributed by atoms with Crippen LogP contribution in [0.4, 0.5) is 0 Å². The minimum Gasteiger partial charge on any atom is -0.377 e. The van der Waals surface area contributed by atoms with Crippen molar-refractivity contribution < 1.29 is 4.74 Å². The largest absolute Gasteiger partial charge is 0.377 e. The summed E-state index contributed by atoms with van der Waals surface area (Å²) >= 11 is 6.14. The molecule has 98 valence electrons. The lowest BCUT2D eigenvalue weighted by atomic mass is 9.76. The Morgan fingerprint density at radius 3 is 2.67 bits per heavy atom. The highest BCUT2D eigenvalue weighted by molar-refractivity contribution is 6.18. The molecular weight excluding hydrogens is 244 g/mol. The number of benzene rings is 1. The third-order valence-electron chi connectivity index (χ3n) is 3.73. The molecule has 0 N–H and O–H groups in total. The summed E-state index contributed by atoms with van der Waals surface area (Å²) < 4.78 is 5.77. The Hall–Kier alpha value is -0.790. The number of hydrogen-bond acceptors (Lipinski definition) is 1. The van der Waals surface area contributed by atoms with Crippen molar-refractivity contribution >= 4 is 11.6 Å². The van der Waals surface area contributed by atoms with E-state index in [2.05, 4.69) is 24.3 Å². The Labute approximate surface area is 115 Å². The smallest absolute Gasteiger partial charge is 0.0716 e. The van der Waals surface area contributed by atoms with Gasteiger partial charge in [0.1, 0.15) is 0 Å². The Bertz CT molecular complexity index is 374. The van der Waals surface area contributed by atoms with E-state index in [1.54, 1.807) is 0 Å². The number of allylic oxidation sites excluding steroid dienone is 2. The van der Waals surface area contributed by atoms with Crippen LogP contribution in [0.2, 0.25) is 0 Å². The third kappa shape index (κ3) is 3.86. The van der Waals surface area contributed by atoms with Gasteiger partial charge in [0.25, 0.3) is 0 Å². The number of alkyl halides is 1. The molecule has 1 aliphatic carbocycles. The molecule has 1 aliphatic rings. The first-order valence-electron chi connectivity index (χ1n) is 6.67. The van der Waals surface area contributed by atoms with Gasteiger partial charge in [-0.2, -0.15) is 0 Å². The second kappa shape index (κ2) is 6.96. The molecule has 1 aromatic rings. The molecule has 0 aliphatic heterocycles. The Morgan fingerprint density at radius 2 is 2.00 bits per heavy atom. The zero-order valence-electron chi connectivity index (χ0n) is 10.8. The molecule has 0 bridgehead atoms. The van der Waals surface area contributed by atoms with Crippen molar-refractivity contribution in [3.63, 3.8) is 0 Å². The lowest BCUT2D eigenvalue weighted by molar-refractivity contribution is 0.0853. The van der Waals surface area contributed by atoms with Crippen LogP contribution in [0.3, 0.4) is 0 Å². The number of hydrogen-bond donors (Lipinski definition) is 0. The number of rotatable bonds is 6. The van der Waals surface area contributed by atoms with Gasteiger partial charge >= 0.3 is 0 Å². The fourth-order valence-electron chi connectivity index (χ4n) is 2.41. The molecule has 0 heterocycles. The van der Waals surface area contributed by atoms with Gasteiger partial charge in [0.05, 0.1) is 6.61 Å². The van der Waals surface area contributed by atoms with Crippen molar-refractivity contribution in [2.75, 3.05) is 12.5 Å². The van der Waals surface area contributed by atoms with E-state index < -0.39 is 0 Å². The monoisotopic (exact) mass is 264 g/mol. The van der Waals surface area contributed by atoms with E-state index in [-0.39, 0.29) is 5.41 Å². The molecule has 0 radical (unpaired) electrons. The highest BCUT2D eigenvalue weighted by atomic mass is 35.5. The number of ether oxygens (including phenoxy) is 1. The van der Waals surface area contributed by atoms with Crippen molar-refractivity contribution in [2.45, 2.75) is 32.3 Å². The van der Waals surface area contributed by atoms with Gasteiger partial charge in [-0.05, 0) is 36.7 Å². The summed E-state index contributed by atoms with van der Waals surface area (Å²) in [5.74, 6) is 0.742. The molecule has 0 fully saturated rings. The predicted molar refractivity (Wildman–Crippen MR) is 76.9 cm³/mol. The molecule has 0 amide bonds. The van der Waals surface area contributed by atoms with Crippen LogP contribution in [-0.2, 0) is 11.3 Å². The molecule has 1 aromatic carbocycles. The minimum absolute atomic E-state index is 0.271. The van der Waals surface area contributed by atoms with Crippen LogP contribution in [0.1, 0.15) is 31.2 Å². The van der Waals surface area contributed by atoms with E-state index in [0.717, 1.165) is 31.7 Å². The van der Waals surface area contributed by atoms with Crippen LogP contribution < -0.4 is 0 Å². The van der Waals surface area contributed by atoms with Crippen LogP contribution in [0, 0.1) is 5.41 Å². The molecular formula is C16H21ClO. The second-order valence-corrected chi connectivity index (χ2v) is 5.40. The zero-order chi connectivity index (χ0) is 12.7. The first-order chi connectivity index (χ1) is 8.85. The molecule has 2 heteroatoms. The van der Waals surface area contributed by atoms with Gasteiger partial charge in [-0.15, -0.1) is 11.6 Å². The number of halogens is 1. The van der Waals surface area contributed by atoms with Gasteiger partial charge in [-0.1, -0.05) is 42.5 Å². The first kappa shape index (κ1) is 13.6. The SMILES string of the molecule is ClCC1(CCOCc2ccccc2)CC=CCC1. The molecule has 2 rings (SSSR count). The molecule has 1 nitrogen and oxygen atoms in total. The predicted octanol–water partition coefficient (Wildman–Crippen LogP) is 4.56. The van der Waals surface area contributed by atoms with E-state index in [1.807, 2.05) is 18.2 Å². The van der Waals surface area contributed by atoms with Crippen molar-refractivity contribution in [3.05, 3.63) is 48.0 Å². The fourth-order valence-corrected chi connectivity index (χ4v) is 2.79. The molecule has 0 spiro atoms. The van der Waals surface area contributed by atoms with Crippen molar-refractivity contribution in [2.24, 2.45) is 5.41 Å². The standard InChI is InChI=1S/C16H21ClO/c17-14-16(9-5-2-6-10-16)11-12-18-13-15-7-3-1-4-8-15/h1-5,7-8H,6,9-14H2. The van der Waals surface area contributed by atoms with E-state index in [1.165, 1.54) is 12.0 Å².